The Kier molecular flexibility index (Phi) is 7.15. The van der Waals surface area contributed by atoms with Gasteiger partial charge >= 0.3 is 12.2 Å². The molecule has 3 aromatic rings. The Labute approximate surface area is 205 Å². The third kappa shape index (κ3) is 5.76. The largest absolute Gasteiger partial charge is 0.406 e. The number of nitriles is 1. The maximum Gasteiger partial charge on any atom is 0.406 e. The van der Waals surface area contributed by atoms with Crippen LogP contribution >= 0.6 is 0 Å². The molecule has 11 heteroatoms. The first-order valence-electron chi connectivity index (χ1n) is 11.6. The van der Waals surface area contributed by atoms with Crippen LogP contribution in [-0.4, -0.2) is 34.7 Å². The monoisotopic (exact) mass is 498 g/mol. The van der Waals surface area contributed by atoms with Crippen molar-refractivity contribution in [2.45, 2.75) is 44.8 Å². The van der Waals surface area contributed by atoms with E-state index in [9.17, 15) is 22.8 Å². The molecule has 1 aliphatic carbocycles. The lowest BCUT2D eigenvalue weighted by Crippen LogP contribution is -2.33. The number of amides is 3. The van der Waals surface area contributed by atoms with E-state index >= 15 is 0 Å². The van der Waals surface area contributed by atoms with Gasteiger partial charge in [0.15, 0.2) is 0 Å². The van der Waals surface area contributed by atoms with E-state index in [1.165, 1.54) is 35.2 Å². The summed E-state index contributed by atoms with van der Waals surface area (Å²) in [6.45, 7) is -1.35. The molecule has 0 atom stereocenters. The summed E-state index contributed by atoms with van der Waals surface area (Å²) < 4.78 is 40.9. The highest BCUT2D eigenvalue weighted by atomic mass is 19.4. The second-order valence-electron chi connectivity index (χ2n) is 8.81. The Bertz CT molecular complexity index is 1300. The molecule has 2 N–H and O–H groups in total. The average molecular weight is 499 g/mol. The number of imidazole rings is 1. The molecule has 1 fully saturated rings. The molecular formula is C25H25F3N6O2. The lowest BCUT2D eigenvalue weighted by Gasteiger charge is -2.26. The molecule has 188 valence electrons. The Morgan fingerprint density at radius 3 is 2.44 bits per heavy atom. The van der Waals surface area contributed by atoms with E-state index in [4.69, 9.17) is 5.26 Å². The highest BCUT2D eigenvalue weighted by Crippen LogP contribution is 2.31. The molecule has 1 heterocycles. The highest BCUT2D eigenvalue weighted by Gasteiger charge is 2.31. The first-order chi connectivity index (χ1) is 17.1. The Hall–Kier alpha value is -4.07. The predicted molar refractivity (Wildman–Crippen MR) is 130 cm³/mol. The summed E-state index contributed by atoms with van der Waals surface area (Å²) in [5, 5.41) is 13.8. The van der Waals surface area contributed by atoms with Crippen molar-refractivity contribution in [3.63, 3.8) is 0 Å². The zero-order valence-electron chi connectivity index (χ0n) is 19.6. The topological polar surface area (TPSA) is 103 Å². The molecule has 36 heavy (non-hydrogen) atoms. The van der Waals surface area contributed by atoms with Gasteiger partial charge in [0.1, 0.15) is 6.54 Å². The number of nitrogens with one attached hydrogen (secondary N) is 2. The van der Waals surface area contributed by atoms with Crippen LogP contribution in [0.3, 0.4) is 0 Å². The van der Waals surface area contributed by atoms with Crippen molar-refractivity contribution in [3.8, 4) is 6.07 Å². The smallest absolute Gasteiger partial charge is 0.315 e. The summed E-state index contributed by atoms with van der Waals surface area (Å²) in [7, 11) is 1.65. The van der Waals surface area contributed by atoms with Crippen LogP contribution in [0.25, 0.3) is 11.0 Å². The zero-order valence-corrected chi connectivity index (χ0v) is 19.6. The van der Waals surface area contributed by atoms with E-state index in [1.807, 2.05) is 6.07 Å². The summed E-state index contributed by atoms with van der Waals surface area (Å²) in [6.07, 6.45) is 0.224. The summed E-state index contributed by atoms with van der Waals surface area (Å²) in [6, 6.07) is 11.8. The zero-order chi connectivity index (χ0) is 25.9. The number of hydrogen-bond acceptors (Lipinski definition) is 4. The van der Waals surface area contributed by atoms with Gasteiger partial charge in [0, 0.05) is 24.3 Å². The van der Waals surface area contributed by atoms with Gasteiger partial charge in [-0.2, -0.15) is 18.4 Å². The maximum atomic E-state index is 13.3. The fourth-order valence-corrected chi connectivity index (χ4v) is 4.40. The Morgan fingerprint density at radius 1 is 1.11 bits per heavy atom. The van der Waals surface area contributed by atoms with Crippen molar-refractivity contribution in [3.05, 3.63) is 48.0 Å². The van der Waals surface area contributed by atoms with Crippen LogP contribution in [0.5, 0.6) is 0 Å². The molecule has 1 aromatic heterocycles. The summed E-state index contributed by atoms with van der Waals surface area (Å²) >= 11 is 0. The number of urea groups is 1. The molecule has 2 aromatic carbocycles. The van der Waals surface area contributed by atoms with Crippen LogP contribution in [0.1, 0.15) is 37.7 Å². The van der Waals surface area contributed by atoms with Gasteiger partial charge in [-0.25, -0.2) is 9.78 Å². The number of nitrogens with zero attached hydrogens (tertiary/aromatic N) is 4. The fourth-order valence-electron chi connectivity index (χ4n) is 4.40. The number of anilines is 3. The summed E-state index contributed by atoms with van der Waals surface area (Å²) in [5.74, 6) is -0.374. The van der Waals surface area contributed by atoms with E-state index in [2.05, 4.69) is 15.6 Å². The number of hydrogen-bond donors (Lipinski definition) is 2. The van der Waals surface area contributed by atoms with E-state index in [1.54, 1.807) is 19.2 Å². The van der Waals surface area contributed by atoms with Crippen LogP contribution < -0.4 is 15.5 Å². The predicted octanol–water partition coefficient (Wildman–Crippen LogP) is 5.66. The standard InChI is InChI=1S/C25H25F3N6O2/c1-33(22(35)17-5-3-2-4-6-17)19-11-12-21-20(13-19)31-23(34(21)15-25(26,27)28)32-24(36)30-18-9-7-16(14-29)8-10-18/h7-13,17H,2-6,15H2,1H3,(H2,30,31,32,36). The molecule has 0 spiro atoms. The molecule has 1 aliphatic rings. The average Bonchev–Trinajstić information content (AvgIpc) is 3.18. The maximum absolute atomic E-state index is 13.3. The SMILES string of the molecule is CN(C(=O)C1CCCCC1)c1ccc2c(c1)nc(NC(=O)Nc1ccc(C#N)cc1)n2CC(F)(F)F. The lowest BCUT2D eigenvalue weighted by atomic mass is 9.88. The quantitative estimate of drug-likeness (QED) is 0.474. The minimum Gasteiger partial charge on any atom is -0.315 e. The Balaban J connectivity index is 1.59. The minimum absolute atomic E-state index is 0.0242. The van der Waals surface area contributed by atoms with Gasteiger partial charge in [-0.15, -0.1) is 0 Å². The lowest BCUT2D eigenvalue weighted by molar-refractivity contribution is -0.139. The molecular weight excluding hydrogens is 473 g/mol. The normalized spacial score (nSPS) is 14.3. The molecule has 0 saturated heterocycles. The number of halogens is 3. The molecule has 0 unspecified atom stereocenters. The van der Waals surface area contributed by atoms with Crippen LogP contribution in [0.2, 0.25) is 0 Å². The van der Waals surface area contributed by atoms with Crippen molar-refractivity contribution in [1.82, 2.24) is 9.55 Å². The molecule has 1 saturated carbocycles. The third-order valence-corrected chi connectivity index (χ3v) is 6.24. The highest BCUT2D eigenvalue weighted by molar-refractivity contribution is 6.00. The van der Waals surface area contributed by atoms with Gasteiger partial charge in [-0.1, -0.05) is 19.3 Å². The van der Waals surface area contributed by atoms with Crippen LogP contribution in [0.4, 0.5) is 35.3 Å². The molecule has 4 rings (SSSR count). The molecule has 0 aliphatic heterocycles. The first-order valence-corrected chi connectivity index (χ1v) is 11.6. The van der Waals surface area contributed by atoms with Gasteiger partial charge in [-0.3, -0.25) is 10.1 Å². The summed E-state index contributed by atoms with van der Waals surface area (Å²) in [4.78, 5) is 31.2. The van der Waals surface area contributed by atoms with Crippen LogP contribution in [0.15, 0.2) is 42.5 Å². The minimum atomic E-state index is -4.56. The molecule has 0 radical (unpaired) electrons. The Morgan fingerprint density at radius 2 is 1.81 bits per heavy atom. The van der Waals surface area contributed by atoms with E-state index in [0.29, 0.717) is 16.9 Å². The van der Waals surface area contributed by atoms with Gasteiger partial charge in [0.25, 0.3) is 0 Å². The van der Waals surface area contributed by atoms with Crippen molar-refractivity contribution in [2.24, 2.45) is 5.92 Å². The van der Waals surface area contributed by atoms with E-state index in [0.717, 1.165) is 36.7 Å². The van der Waals surface area contributed by atoms with E-state index < -0.39 is 18.8 Å². The van der Waals surface area contributed by atoms with Gasteiger partial charge < -0.3 is 14.8 Å². The van der Waals surface area contributed by atoms with Crippen LogP contribution in [0, 0.1) is 17.2 Å². The number of alkyl halides is 3. The fraction of sp³-hybridized carbons (Fsp3) is 0.360. The van der Waals surface area contributed by atoms with Crippen LogP contribution in [-0.2, 0) is 11.3 Å². The van der Waals surface area contributed by atoms with Gasteiger partial charge in [-0.05, 0) is 55.3 Å². The van der Waals surface area contributed by atoms with Crippen molar-refractivity contribution in [2.75, 3.05) is 22.6 Å². The van der Waals surface area contributed by atoms with Crippen molar-refractivity contribution >= 4 is 40.3 Å². The second-order valence-corrected chi connectivity index (χ2v) is 8.81. The van der Waals surface area contributed by atoms with Gasteiger partial charge in [0.05, 0.1) is 22.7 Å². The van der Waals surface area contributed by atoms with E-state index in [-0.39, 0.29) is 28.8 Å². The number of carbonyl (C=O) groups excluding carboxylic acids is 2. The number of carbonyl (C=O) groups is 2. The number of fused-ring (bicyclic) bond motifs is 1. The van der Waals surface area contributed by atoms with Crippen molar-refractivity contribution in [1.29, 1.82) is 5.26 Å². The molecule has 0 bridgehead atoms. The first kappa shape index (κ1) is 25.0. The third-order valence-electron chi connectivity index (χ3n) is 6.24. The van der Waals surface area contributed by atoms with Gasteiger partial charge in [0.2, 0.25) is 11.9 Å². The van der Waals surface area contributed by atoms with Crippen molar-refractivity contribution < 1.29 is 22.8 Å². The number of benzene rings is 2. The second kappa shape index (κ2) is 10.3. The molecule has 8 nitrogen and oxygen atoms in total. The molecule has 3 amide bonds. The number of rotatable bonds is 5. The summed E-state index contributed by atoms with van der Waals surface area (Å²) in [5.41, 5.74) is 1.66. The number of aromatic nitrogens is 2.